The molecular weight excluding hydrogens is 441 g/mol. The third-order valence-electron chi connectivity index (χ3n) is 6.65. The van der Waals surface area contributed by atoms with Gasteiger partial charge < -0.3 is 15.1 Å². The fourth-order valence-corrected chi connectivity index (χ4v) is 4.81. The molecule has 8 heteroatoms. The number of nitrogens with one attached hydrogen (secondary N) is 1. The van der Waals surface area contributed by atoms with Crippen molar-refractivity contribution >= 4 is 28.2 Å². The number of alkyl halides is 3. The lowest BCUT2D eigenvalue weighted by Crippen LogP contribution is -2.53. The predicted octanol–water partition coefficient (Wildman–Crippen LogP) is 5.79. The van der Waals surface area contributed by atoms with Gasteiger partial charge in [-0.05, 0) is 62.2 Å². The number of nitrogens with zero attached hydrogens (tertiary/aromatic N) is 3. The third kappa shape index (κ3) is 4.67. The molecule has 1 N–H and O–H groups in total. The van der Waals surface area contributed by atoms with Crippen LogP contribution in [0, 0.1) is 6.92 Å². The van der Waals surface area contributed by atoms with Gasteiger partial charge in [0.05, 0.1) is 11.1 Å². The van der Waals surface area contributed by atoms with E-state index in [1.54, 1.807) is 19.2 Å². The number of fused-ring (bicyclic) bond motifs is 1. The summed E-state index contributed by atoms with van der Waals surface area (Å²) in [6, 6.07) is 12.0. The van der Waals surface area contributed by atoms with Gasteiger partial charge >= 0.3 is 6.18 Å². The van der Waals surface area contributed by atoms with E-state index >= 15 is 0 Å². The first-order chi connectivity index (χ1) is 16.1. The van der Waals surface area contributed by atoms with Crippen LogP contribution in [0.25, 0.3) is 10.9 Å². The first kappa shape index (κ1) is 23.9. The Labute approximate surface area is 197 Å². The molecule has 1 aliphatic heterocycles. The number of halogens is 3. The van der Waals surface area contributed by atoms with E-state index in [0.29, 0.717) is 18.7 Å². The molecule has 0 aliphatic carbocycles. The van der Waals surface area contributed by atoms with E-state index in [2.05, 4.69) is 28.2 Å². The van der Waals surface area contributed by atoms with Gasteiger partial charge in [0, 0.05) is 61.6 Å². The Bertz CT molecular complexity index is 1210. The van der Waals surface area contributed by atoms with Gasteiger partial charge in [-0.3, -0.25) is 9.78 Å². The van der Waals surface area contributed by atoms with Gasteiger partial charge in [0.2, 0.25) is 5.91 Å². The normalized spacial score (nSPS) is 17.7. The maximum Gasteiger partial charge on any atom is 0.416 e. The molecule has 2 atom stereocenters. The topological polar surface area (TPSA) is 48.5 Å². The first-order valence-electron chi connectivity index (χ1n) is 11.4. The summed E-state index contributed by atoms with van der Waals surface area (Å²) in [5.74, 6) is 0.0829. The quantitative estimate of drug-likeness (QED) is 0.524. The molecule has 0 radical (unpaired) electrons. The zero-order valence-corrected chi connectivity index (χ0v) is 19.8. The average molecular weight is 471 g/mol. The molecule has 4 rings (SSSR count). The Morgan fingerprint density at radius 2 is 1.94 bits per heavy atom. The van der Waals surface area contributed by atoms with Gasteiger partial charge in [-0.2, -0.15) is 13.2 Å². The standard InChI is InChI=1S/C26H29F3N4O/c1-16-15-32(19(4)34)12-13-33(16)20-8-9-24-22(14-20)25(10-11-30-24)31-18(3)21-6-5-7-23(17(21)2)26(27,28)29/h5-11,14,16,18H,12-13,15H2,1-4H3,(H,30,31)/t16-,18-/m1/s1. The second kappa shape index (κ2) is 9.16. The SMILES string of the molecule is CC(=O)N1CCN(c2ccc3nccc(N[C@H](C)c4cccc(C(F)(F)F)c4C)c3c2)[C@H](C)C1. The van der Waals surface area contributed by atoms with Gasteiger partial charge in [0.25, 0.3) is 0 Å². The average Bonchev–Trinajstić information content (AvgIpc) is 2.78. The minimum Gasteiger partial charge on any atom is -0.378 e. The smallest absolute Gasteiger partial charge is 0.378 e. The lowest BCUT2D eigenvalue weighted by Gasteiger charge is -2.41. The van der Waals surface area contributed by atoms with Crippen molar-refractivity contribution in [1.29, 1.82) is 0 Å². The van der Waals surface area contributed by atoms with E-state index in [4.69, 9.17) is 0 Å². The lowest BCUT2D eigenvalue weighted by atomic mass is 9.97. The Morgan fingerprint density at radius 1 is 1.18 bits per heavy atom. The number of pyridine rings is 1. The molecule has 3 aromatic rings. The van der Waals surface area contributed by atoms with Gasteiger partial charge in [-0.25, -0.2) is 0 Å². The second-order valence-corrected chi connectivity index (χ2v) is 8.95. The van der Waals surface area contributed by atoms with Crippen molar-refractivity contribution < 1.29 is 18.0 Å². The zero-order valence-electron chi connectivity index (χ0n) is 19.8. The Kier molecular flexibility index (Phi) is 6.43. The molecule has 2 heterocycles. The molecule has 1 aliphatic rings. The molecule has 34 heavy (non-hydrogen) atoms. The predicted molar refractivity (Wildman–Crippen MR) is 129 cm³/mol. The minimum atomic E-state index is -4.39. The van der Waals surface area contributed by atoms with Crippen molar-refractivity contribution in [2.45, 2.75) is 46.0 Å². The van der Waals surface area contributed by atoms with E-state index in [-0.39, 0.29) is 23.6 Å². The van der Waals surface area contributed by atoms with Gasteiger partial charge in [-0.1, -0.05) is 12.1 Å². The number of benzene rings is 2. The molecule has 2 aromatic carbocycles. The second-order valence-electron chi connectivity index (χ2n) is 8.95. The molecule has 0 bridgehead atoms. The number of rotatable bonds is 4. The van der Waals surface area contributed by atoms with Crippen LogP contribution in [-0.2, 0) is 11.0 Å². The summed E-state index contributed by atoms with van der Waals surface area (Å²) in [5.41, 5.74) is 2.86. The molecule has 1 fully saturated rings. The van der Waals surface area contributed by atoms with Gasteiger partial charge in [-0.15, -0.1) is 0 Å². The lowest BCUT2D eigenvalue weighted by molar-refractivity contribution is -0.138. The summed E-state index contributed by atoms with van der Waals surface area (Å²) < 4.78 is 40.2. The van der Waals surface area contributed by atoms with Crippen LogP contribution in [0.3, 0.4) is 0 Å². The number of amides is 1. The van der Waals surface area contributed by atoms with E-state index in [0.717, 1.165) is 34.9 Å². The summed E-state index contributed by atoms with van der Waals surface area (Å²) in [5, 5.41) is 4.31. The van der Waals surface area contributed by atoms with Crippen molar-refractivity contribution in [2.24, 2.45) is 0 Å². The fourth-order valence-electron chi connectivity index (χ4n) is 4.81. The minimum absolute atomic E-state index is 0.0829. The summed E-state index contributed by atoms with van der Waals surface area (Å²) in [6.07, 6.45) is -2.69. The fraction of sp³-hybridized carbons (Fsp3) is 0.385. The Balaban J connectivity index is 1.64. The summed E-state index contributed by atoms with van der Waals surface area (Å²) in [7, 11) is 0. The molecule has 1 amide bonds. The van der Waals surface area contributed by atoms with Crippen LogP contribution < -0.4 is 10.2 Å². The van der Waals surface area contributed by atoms with Crippen LogP contribution in [0.5, 0.6) is 0 Å². The Hall–Kier alpha value is -3.29. The van der Waals surface area contributed by atoms with E-state index in [1.807, 2.05) is 30.0 Å². The molecule has 180 valence electrons. The molecule has 5 nitrogen and oxygen atoms in total. The highest BCUT2D eigenvalue weighted by Gasteiger charge is 2.33. The highest BCUT2D eigenvalue weighted by Crippen LogP contribution is 2.36. The molecule has 1 aromatic heterocycles. The van der Waals surface area contributed by atoms with Crippen LogP contribution in [0.4, 0.5) is 24.5 Å². The Morgan fingerprint density at radius 3 is 2.62 bits per heavy atom. The number of aromatic nitrogens is 1. The maximum absolute atomic E-state index is 13.4. The summed E-state index contributed by atoms with van der Waals surface area (Å²) in [4.78, 5) is 20.4. The summed E-state index contributed by atoms with van der Waals surface area (Å²) in [6.45, 7) is 9.13. The number of anilines is 2. The maximum atomic E-state index is 13.4. The van der Waals surface area contributed by atoms with Crippen LogP contribution in [-0.4, -0.2) is 41.5 Å². The van der Waals surface area contributed by atoms with Crippen LogP contribution in [0.15, 0.2) is 48.7 Å². The third-order valence-corrected chi connectivity index (χ3v) is 6.65. The number of carbonyl (C=O) groups excluding carboxylic acids is 1. The van der Waals surface area contributed by atoms with E-state index < -0.39 is 11.7 Å². The summed E-state index contributed by atoms with van der Waals surface area (Å²) >= 11 is 0. The van der Waals surface area contributed by atoms with Crippen molar-refractivity contribution in [1.82, 2.24) is 9.88 Å². The number of carbonyl (C=O) groups is 1. The highest BCUT2D eigenvalue weighted by molar-refractivity contribution is 5.93. The molecule has 0 unspecified atom stereocenters. The van der Waals surface area contributed by atoms with Crippen molar-refractivity contribution in [3.8, 4) is 0 Å². The molecular formula is C26H29F3N4O. The first-order valence-corrected chi connectivity index (χ1v) is 11.4. The van der Waals surface area contributed by atoms with Gasteiger partial charge in [0.1, 0.15) is 0 Å². The molecule has 1 saturated heterocycles. The van der Waals surface area contributed by atoms with Crippen molar-refractivity contribution in [2.75, 3.05) is 29.9 Å². The number of hydrogen-bond donors (Lipinski definition) is 1. The van der Waals surface area contributed by atoms with Crippen LogP contribution in [0.1, 0.15) is 43.5 Å². The van der Waals surface area contributed by atoms with Crippen LogP contribution >= 0.6 is 0 Å². The molecule has 0 spiro atoms. The van der Waals surface area contributed by atoms with Crippen molar-refractivity contribution in [3.63, 3.8) is 0 Å². The zero-order chi connectivity index (χ0) is 24.6. The van der Waals surface area contributed by atoms with E-state index in [9.17, 15) is 18.0 Å². The van der Waals surface area contributed by atoms with Crippen LogP contribution in [0.2, 0.25) is 0 Å². The number of piperazine rings is 1. The molecule has 0 saturated carbocycles. The van der Waals surface area contributed by atoms with Gasteiger partial charge in [0.15, 0.2) is 0 Å². The largest absolute Gasteiger partial charge is 0.416 e. The highest BCUT2D eigenvalue weighted by atomic mass is 19.4. The van der Waals surface area contributed by atoms with E-state index in [1.165, 1.54) is 13.0 Å². The van der Waals surface area contributed by atoms with Crippen molar-refractivity contribution in [3.05, 3.63) is 65.4 Å². The number of hydrogen-bond acceptors (Lipinski definition) is 4. The monoisotopic (exact) mass is 470 g/mol.